The van der Waals surface area contributed by atoms with Gasteiger partial charge in [0.2, 0.25) is 0 Å². The average molecular weight is 689 g/mol. The Balaban J connectivity index is 1.43. The molecule has 1 fully saturated rings. The molecule has 1 aliphatic carbocycles. The van der Waals surface area contributed by atoms with Crippen molar-refractivity contribution >= 4 is 44.7 Å². The Morgan fingerprint density at radius 1 is 1.02 bits per heavy atom. The zero-order chi connectivity index (χ0) is 33.0. The Labute approximate surface area is 279 Å². The SMILES string of the molecule is COc1ccc(CN(c2ccncn2)S(=O)(=O)c2cc(Cl)c(N[C@H]3CC[C@H](c4cccc(Cl)c4)C[C@@H]3N(C)C)cc2F)c(OC)c1. The molecule has 3 atom stereocenters. The molecule has 9 nitrogen and oxygen atoms in total. The van der Waals surface area contributed by atoms with Gasteiger partial charge in [0.05, 0.1) is 31.5 Å². The summed E-state index contributed by atoms with van der Waals surface area (Å²) in [5.41, 5.74) is 2.02. The number of hydrogen-bond donors (Lipinski definition) is 1. The molecule has 5 rings (SSSR count). The lowest BCUT2D eigenvalue weighted by atomic mass is 9.78. The molecule has 0 amide bonds. The number of ether oxygens (including phenoxy) is 2. The van der Waals surface area contributed by atoms with Crippen molar-refractivity contribution in [3.63, 3.8) is 0 Å². The summed E-state index contributed by atoms with van der Waals surface area (Å²) >= 11 is 12.9. The highest BCUT2D eigenvalue weighted by molar-refractivity contribution is 7.92. The third kappa shape index (κ3) is 7.33. The van der Waals surface area contributed by atoms with Gasteiger partial charge in [0.1, 0.15) is 34.4 Å². The lowest BCUT2D eigenvalue weighted by molar-refractivity contribution is 0.196. The summed E-state index contributed by atoms with van der Waals surface area (Å²) in [5, 5.41) is 4.20. The van der Waals surface area contributed by atoms with Gasteiger partial charge < -0.3 is 19.7 Å². The van der Waals surface area contributed by atoms with Crippen molar-refractivity contribution in [1.82, 2.24) is 14.9 Å². The quantitative estimate of drug-likeness (QED) is 0.180. The number of hydrogen-bond acceptors (Lipinski definition) is 8. The van der Waals surface area contributed by atoms with Gasteiger partial charge in [-0.25, -0.2) is 27.1 Å². The van der Waals surface area contributed by atoms with E-state index >= 15 is 4.39 Å². The van der Waals surface area contributed by atoms with E-state index in [1.54, 1.807) is 18.2 Å². The Kier molecular flexibility index (Phi) is 10.6. The number of rotatable bonds is 11. The monoisotopic (exact) mass is 687 g/mol. The summed E-state index contributed by atoms with van der Waals surface area (Å²) in [5.74, 6) is 0.359. The van der Waals surface area contributed by atoms with Crippen LogP contribution < -0.4 is 19.1 Å². The van der Waals surface area contributed by atoms with Crippen LogP contribution >= 0.6 is 23.2 Å². The number of likely N-dealkylation sites (N-methyl/N-ethyl adjacent to an activating group) is 1. The summed E-state index contributed by atoms with van der Waals surface area (Å²) in [6, 6.07) is 16.7. The predicted molar refractivity (Wildman–Crippen MR) is 179 cm³/mol. The largest absolute Gasteiger partial charge is 0.497 e. The fourth-order valence-electron chi connectivity index (χ4n) is 5.96. The molecule has 0 unspecified atom stereocenters. The topological polar surface area (TPSA) is 96.9 Å². The predicted octanol–water partition coefficient (Wildman–Crippen LogP) is 7.01. The minimum absolute atomic E-state index is 0.0511. The first-order valence-electron chi connectivity index (χ1n) is 14.7. The molecule has 0 spiro atoms. The van der Waals surface area contributed by atoms with E-state index in [0.717, 1.165) is 35.7 Å². The molecule has 4 aromatic rings. The molecule has 1 heterocycles. The second-order valence-electron chi connectivity index (χ2n) is 11.4. The molecule has 244 valence electrons. The molecular weight excluding hydrogens is 652 g/mol. The molecule has 3 aromatic carbocycles. The van der Waals surface area contributed by atoms with Crippen molar-refractivity contribution in [2.45, 2.75) is 48.7 Å². The van der Waals surface area contributed by atoms with Crippen LogP contribution in [0.5, 0.6) is 11.5 Å². The zero-order valence-electron chi connectivity index (χ0n) is 26.0. The van der Waals surface area contributed by atoms with Gasteiger partial charge in [-0.15, -0.1) is 0 Å². The van der Waals surface area contributed by atoms with Crippen LogP contribution in [0.25, 0.3) is 0 Å². The molecule has 1 aromatic heterocycles. The van der Waals surface area contributed by atoms with Gasteiger partial charge in [-0.2, -0.15) is 0 Å². The minimum atomic E-state index is -4.51. The van der Waals surface area contributed by atoms with E-state index in [1.165, 1.54) is 38.4 Å². The number of benzene rings is 3. The molecule has 1 aliphatic rings. The third-order valence-electron chi connectivity index (χ3n) is 8.36. The van der Waals surface area contributed by atoms with Crippen LogP contribution in [0.4, 0.5) is 15.9 Å². The van der Waals surface area contributed by atoms with E-state index in [1.807, 2.05) is 32.3 Å². The first-order chi connectivity index (χ1) is 22.0. The number of sulfonamides is 1. The summed E-state index contributed by atoms with van der Waals surface area (Å²) in [4.78, 5) is 9.62. The second-order valence-corrected chi connectivity index (χ2v) is 14.0. The maximum Gasteiger partial charge on any atom is 0.268 e. The van der Waals surface area contributed by atoms with Gasteiger partial charge in [-0.05, 0) is 81.2 Å². The van der Waals surface area contributed by atoms with Crippen LogP contribution in [0.3, 0.4) is 0 Å². The van der Waals surface area contributed by atoms with E-state index in [0.29, 0.717) is 33.7 Å². The van der Waals surface area contributed by atoms with Crippen LogP contribution in [-0.2, 0) is 16.6 Å². The van der Waals surface area contributed by atoms with Crippen molar-refractivity contribution in [3.05, 3.63) is 100 Å². The third-order valence-corrected chi connectivity index (χ3v) is 10.7. The zero-order valence-corrected chi connectivity index (χ0v) is 28.3. The maximum absolute atomic E-state index is 15.9. The lowest BCUT2D eigenvalue weighted by Gasteiger charge is -2.41. The van der Waals surface area contributed by atoms with Crippen LogP contribution in [-0.4, -0.2) is 63.7 Å². The highest BCUT2D eigenvalue weighted by atomic mass is 35.5. The van der Waals surface area contributed by atoms with E-state index in [2.05, 4.69) is 26.3 Å². The van der Waals surface area contributed by atoms with E-state index < -0.39 is 20.7 Å². The summed E-state index contributed by atoms with van der Waals surface area (Å²) in [6.07, 6.45) is 5.19. The van der Waals surface area contributed by atoms with Crippen molar-refractivity contribution in [1.29, 1.82) is 0 Å². The van der Waals surface area contributed by atoms with E-state index in [-0.39, 0.29) is 29.5 Å². The van der Waals surface area contributed by atoms with Crippen LogP contribution in [0.2, 0.25) is 10.0 Å². The first kappa shape index (κ1) is 33.7. The van der Waals surface area contributed by atoms with Crippen molar-refractivity contribution in [2.24, 2.45) is 0 Å². The van der Waals surface area contributed by atoms with Crippen molar-refractivity contribution in [3.8, 4) is 11.5 Å². The molecule has 1 N–H and O–H groups in total. The standard InChI is InChI=1S/C33H36Cl2FN5O4S/c1-40(2)30-15-22(21-6-5-7-24(34)14-21)9-11-28(30)39-29-18-27(36)32(17-26(29)35)46(42,43)41(33-12-13-37-20-38-33)19-23-8-10-25(44-3)16-31(23)45-4/h5-8,10,12-14,16-18,20,22,28,30,39H,9,11,15,19H2,1-4H3/t22-,28-,30-/m0/s1. The van der Waals surface area contributed by atoms with Crippen LogP contribution in [0.15, 0.2) is 78.1 Å². The second kappa shape index (κ2) is 14.4. The molecule has 0 radical (unpaired) electrons. The van der Waals surface area contributed by atoms with Gasteiger partial charge in [0.25, 0.3) is 10.0 Å². The Bertz CT molecular complexity index is 1780. The number of anilines is 2. The number of aromatic nitrogens is 2. The average Bonchev–Trinajstić information content (AvgIpc) is 3.05. The highest BCUT2D eigenvalue weighted by Gasteiger charge is 2.35. The normalized spacial score (nSPS) is 18.3. The number of nitrogens with one attached hydrogen (secondary N) is 1. The summed E-state index contributed by atoms with van der Waals surface area (Å²) in [6.45, 7) is -0.204. The van der Waals surface area contributed by atoms with Gasteiger partial charge in [-0.1, -0.05) is 35.3 Å². The van der Waals surface area contributed by atoms with Gasteiger partial charge >= 0.3 is 0 Å². The molecule has 13 heteroatoms. The van der Waals surface area contributed by atoms with Crippen molar-refractivity contribution in [2.75, 3.05) is 37.9 Å². The summed E-state index contributed by atoms with van der Waals surface area (Å²) in [7, 11) is 2.50. The van der Waals surface area contributed by atoms with E-state index in [4.69, 9.17) is 32.7 Å². The fourth-order valence-corrected chi connectivity index (χ4v) is 7.92. The maximum atomic E-state index is 15.9. The van der Waals surface area contributed by atoms with Gasteiger partial charge in [0.15, 0.2) is 0 Å². The fraction of sp³-hybridized carbons (Fsp3) is 0.333. The summed E-state index contributed by atoms with van der Waals surface area (Å²) < 4.78 is 55.9. The Morgan fingerprint density at radius 3 is 2.50 bits per heavy atom. The molecule has 0 aliphatic heterocycles. The Morgan fingerprint density at radius 2 is 1.83 bits per heavy atom. The smallest absolute Gasteiger partial charge is 0.268 e. The van der Waals surface area contributed by atoms with Gasteiger partial charge in [-0.3, -0.25) is 0 Å². The van der Waals surface area contributed by atoms with Crippen LogP contribution in [0, 0.1) is 5.82 Å². The molecule has 0 saturated heterocycles. The number of halogens is 3. The lowest BCUT2D eigenvalue weighted by Crippen LogP contribution is -2.47. The molecule has 0 bridgehead atoms. The number of nitrogens with zero attached hydrogens (tertiary/aromatic N) is 4. The van der Waals surface area contributed by atoms with Crippen molar-refractivity contribution < 1.29 is 22.3 Å². The number of methoxy groups -OCH3 is 2. The Hall–Kier alpha value is -3.64. The van der Waals surface area contributed by atoms with Crippen LogP contribution in [0.1, 0.15) is 36.3 Å². The van der Waals surface area contributed by atoms with E-state index in [9.17, 15) is 8.42 Å². The first-order valence-corrected chi connectivity index (χ1v) is 16.9. The molecular formula is C33H36Cl2FN5O4S. The minimum Gasteiger partial charge on any atom is -0.497 e. The van der Waals surface area contributed by atoms with Gasteiger partial charge in [0, 0.05) is 41.0 Å². The highest BCUT2D eigenvalue weighted by Crippen LogP contribution is 2.39. The molecule has 46 heavy (non-hydrogen) atoms. The molecule has 1 saturated carbocycles.